The standard InChI is InChI=1S/C21H15ClN4/c22-16-11-12-18-17(13-16)19(14-7-3-1-4-8-14)23-21-25-24-20(26(18)21)15-9-5-2-6-10-15/h1-13,19H,(H,23,25). The lowest BCUT2D eigenvalue weighted by molar-refractivity contribution is 0.839. The molecule has 5 rings (SSSR count). The van der Waals surface area contributed by atoms with Crippen molar-refractivity contribution in [1.29, 1.82) is 0 Å². The van der Waals surface area contributed by atoms with E-state index in [1.165, 1.54) is 0 Å². The van der Waals surface area contributed by atoms with E-state index in [4.69, 9.17) is 11.6 Å². The van der Waals surface area contributed by atoms with Gasteiger partial charge in [-0.25, -0.2) is 0 Å². The van der Waals surface area contributed by atoms with Crippen LogP contribution in [-0.4, -0.2) is 14.8 Å². The number of fused-ring (bicyclic) bond motifs is 3. The van der Waals surface area contributed by atoms with Crippen LogP contribution in [0.5, 0.6) is 0 Å². The summed E-state index contributed by atoms with van der Waals surface area (Å²) in [6.45, 7) is 0. The fourth-order valence-corrected chi connectivity index (χ4v) is 3.64. The zero-order valence-corrected chi connectivity index (χ0v) is 14.6. The molecule has 1 N–H and O–H groups in total. The zero-order chi connectivity index (χ0) is 17.5. The van der Waals surface area contributed by atoms with Crippen LogP contribution in [0.15, 0.2) is 78.9 Å². The fraction of sp³-hybridized carbons (Fsp3) is 0.0476. The van der Waals surface area contributed by atoms with Gasteiger partial charge in [-0.05, 0) is 23.8 Å². The molecule has 1 atom stereocenters. The summed E-state index contributed by atoms with van der Waals surface area (Å²) in [5.41, 5.74) is 4.33. The number of hydrogen-bond acceptors (Lipinski definition) is 3. The number of aromatic nitrogens is 3. The highest BCUT2D eigenvalue weighted by Gasteiger charge is 2.29. The molecule has 0 fully saturated rings. The van der Waals surface area contributed by atoms with E-state index in [1.54, 1.807) is 0 Å². The number of anilines is 1. The molecule has 0 saturated carbocycles. The summed E-state index contributed by atoms with van der Waals surface area (Å²) in [6.07, 6.45) is 0. The molecule has 26 heavy (non-hydrogen) atoms. The van der Waals surface area contributed by atoms with Crippen molar-refractivity contribution in [2.45, 2.75) is 6.04 Å². The molecule has 1 aromatic heterocycles. The second kappa shape index (κ2) is 6.00. The second-order valence-corrected chi connectivity index (χ2v) is 6.68. The maximum absolute atomic E-state index is 6.32. The van der Waals surface area contributed by atoms with Crippen molar-refractivity contribution in [3.05, 3.63) is 95.0 Å². The molecule has 5 heteroatoms. The van der Waals surface area contributed by atoms with Crippen molar-refractivity contribution in [3.63, 3.8) is 0 Å². The summed E-state index contributed by atoms with van der Waals surface area (Å²) in [5, 5.41) is 13.1. The highest BCUT2D eigenvalue weighted by molar-refractivity contribution is 6.30. The van der Waals surface area contributed by atoms with Gasteiger partial charge in [-0.3, -0.25) is 4.57 Å². The highest BCUT2D eigenvalue weighted by atomic mass is 35.5. The number of hydrogen-bond donors (Lipinski definition) is 1. The van der Waals surface area contributed by atoms with Crippen molar-refractivity contribution in [2.24, 2.45) is 0 Å². The molecule has 2 heterocycles. The van der Waals surface area contributed by atoms with E-state index in [0.717, 1.165) is 34.2 Å². The van der Waals surface area contributed by atoms with Crippen LogP contribution < -0.4 is 5.32 Å². The molecule has 1 aliphatic heterocycles. The Morgan fingerprint density at radius 2 is 1.58 bits per heavy atom. The van der Waals surface area contributed by atoms with Gasteiger partial charge >= 0.3 is 0 Å². The number of nitrogens with zero attached hydrogens (tertiary/aromatic N) is 3. The van der Waals surface area contributed by atoms with E-state index in [0.29, 0.717) is 5.02 Å². The first-order chi connectivity index (χ1) is 12.8. The third-order valence-corrected chi connectivity index (χ3v) is 4.88. The average molecular weight is 359 g/mol. The molecule has 4 nitrogen and oxygen atoms in total. The predicted molar refractivity (Wildman–Crippen MR) is 104 cm³/mol. The zero-order valence-electron chi connectivity index (χ0n) is 13.8. The molecular weight excluding hydrogens is 344 g/mol. The van der Waals surface area contributed by atoms with Gasteiger partial charge in [0.2, 0.25) is 5.95 Å². The number of nitrogens with one attached hydrogen (secondary N) is 1. The van der Waals surface area contributed by atoms with Crippen LogP contribution in [0.25, 0.3) is 17.1 Å². The predicted octanol–water partition coefficient (Wildman–Crippen LogP) is 5.10. The van der Waals surface area contributed by atoms with Crippen LogP contribution in [0.4, 0.5) is 5.95 Å². The monoisotopic (exact) mass is 358 g/mol. The lowest BCUT2D eigenvalue weighted by atomic mass is 9.95. The first-order valence-corrected chi connectivity index (χ1v) is 8.81. The average Bonchev–Trinajstić information content (AvgIpc) is 3.12. The summed E-state index contributed by atoms with van der Waals surface area (Å²) in [5.74, 6) is 1.54. The second-order valence-electron chi connectivity index (χ2n) is 6.24. The number of benzene rings is 3. The Kier molecular flexibility index (Phi) is 3.50. The smallest absolute Gasteiger partial charge is 0.230 e. The SMILES string of the molecule is Clc1ccc2c(c1)C(c1ccccc1)Nc1nnc(-c3ccccc3)n1-2. The van der Waals surface area contributed by atoms with E-state index in [2.05, 4.69) is 32.2 Å². The number of rotatable bonds is 2. The molecule has 0 amide bonds. The van der Waals surface area contributed by atoms with Gasteiger partial charge in [0, 0.05) is 16.1 Å². The Morgan fingerprint density at radius 1 is 0.846 bits per heavy atom. The van der Waals surface area contributed by atoms with Gasteiger partial charge in [-0.2, -0.15) is 0 Å². The summed E-state index contributed by atoms with van der Waals surface area (Å²) >= 11 is 6.32. The van der Waals surface area contributed by atoms with Gasteiger partial charge in [0.05, 0.1) is 11.7 Å². The summed E-state index contributed by atoms with van der Waals surface area (Å²) in [7, 11) is 0. The van der Waals surface area contributed by atoms with Crippen molar-refractivity contribution < 1.29 is 0 Å². The topological polar surface area (TPSA) is 42.7 Å². The first kappa shape index (κ1) is 15.2. The molecule has 0 spiro atoms. The molecular formula is C21H15ClN4. The van der Waals surface area contributed by atoms with E-state index in [-0.39, 0.29) is 6.04 Å². The lowest BCUT2D eigenvalue weighted by Crippen LogP contribution is -2.22. The van der Waals surface area contributed by atoms with Gasteiger partial charge in [0.25, 0.3) is 0 Å². The van der Waals surface area contributed by atoms with E-state index >= 15 is 0 Å². The Labute approximate surface area is 156 Å². The number of halogens is 1. The summed E-state index contributed by atoms with van der Waals surface area (Å²) in [4.78, 5) is 0. The molecule has 4 aromatic rings. The fourth-order valence-electron chi connectivity index (χ4n) is 3.46. The molecule has 0 aliphatic carbocycles. The summed E-state index contributed by atoms with van der Waals surface area (Å²) < 4.78 is 2.06. The first-order valence-electron chi connectivity index (χ1n) is 8.43. The maximum Gasteiger partial charge on any atom is 0.230 e. The molecule has 0 bridgehead atoms. The largest absolute Gasteiger partial charge is 0.343 e. The van der Waals surface area contributed by atoms with Gasteiger partial charge < -0.3 is 5.32 Å². The van der Waals surface area contributed by atoms with Gasteiger partial charge in [-0.15, -0.1) is 10.2 Å². The molecule has 0 radical (unpaired) electrons. The molecule has 1 aliphatic rings. The van der Waals surface area contributed by atoms with E-state index in [1.807, 2.05) is 66.7 Å². The highest BCUT2D eigenvalue weighted by Crippen LogP contribution is 2.39. The van der Waals surface area contributed by atoms with Crippen LogP contribution >= 0.6 is 11.6 Å². The molecule has 3 aromatic carbocycles. The van der Waals surface area contributed by atoms with Gasteiger partial charge in [0.15, 0.2) is 5.82 Å². The van der Waals surface area contributed by atoms with Crippen molar-refractivity contribution >= 4 is 17.5 Å². The minimum Gasteiger partial charge on any atom is -0.343 e. The minimum absolute atomic E-state index is 0.0229. The summed E-state index contributed by atoms with van der Waals surface area (Å²) in [6, 6.07) is 26.3. The van der Waals surface area contributed by atoms with Gasteiger partial charge in [0.1, 0.15) is 0 Å². The Hall–Kier alpha value is -3.11. The van der Waals surface area contributed by atoms with Crippen LogP contribution in [0, 0.1) is 0 Å². The maximum atomic E-state index is 6.32. The van der Waals surface area contributed by atoms with Crippen LogP contribution in [0.1, 0.15) is 17.2 Å². The van der Waals surface area contributed by atoms with Crippen molar-refractivity contribution in [1.82, 2.24) is 14.8 Å². The van der Waals surface area contributed by atoms with Gasteiger partial charge in [-0.1, -0.05) is 72.3 Å². The lowest BCUT2D eigenvalue weighted by Gasteiger charge is -2.29. The normalized spacial score (nSPS) is 15.0. The Morgan fingerprint density at radius 3 is 2.35 bits per heavy atom. The third kappa shape index (κ3) is 2.38. The van der Waals surface area contributed by atoms with Crippen LogP contribution in [0.3, 0.4) is 0 Å². The van der Waals surface area contributed by atoms with Crippen LogP contribution in [0.2, 0.25) is 5.02 Å². The Balaban J connectivity index is 1.73. The molecule has 0 saturated heterocycles. The van der Waals surface area contributed by atoms with Crippen molar-refractivity contribution in [3.8, 4) is 17.1 Å². The van der Waals surface area contributed by atoms with Crippen molar-refractivity contribution in [2.75, 3.05) is 5.32 Å². The Bertz CT molecular complexity index is 1070. The molecule has 126 valence electrons. The van der Waals surface area contributed by atoms with E-state index in [9.17, 15) is 0 Å². The molecule has 1 unspecified atom stereocenters. The van der Waals surface area contributed by atoms with E-state index < -0.39 is 0 Å². The minimum atomic E-state index is -0.0229. The third-order valence-electron chi connectivity index (χ3n) is 4.64. The quantitative estimate of drug-likeness (QED) is 0.542. The van der Waals surface area contributed by atoms with Crippen LogP contribution in [-0.2, 0) is 0 Å².